The highest BCUT2D eigenvalue weighted by atomic mass is 35.5. The van der Waals surface area contributed by atoms with Gasteiger partial charge in [0.2, 0.25) is 0 Å². The number of benzene rings is 2. The number of aryl methyl sites for hydroxylation is 2. The van der Waals surface area contributed by atoms with Crippen molar-refractivity contribution < 1.29 is 4.52 Å². The summed E-state index contributed by atoms with van der Waals surface area (Å²) in [6.45, 7) is 4.55. The van der Waals surface area contributed by atoms with Crippen LogP contribution >= 0.6 is 23.4 Å². The first kappa shape index (κ1) is 18.8. The molecule has 0 aliphatic heterocycles. The van der Waals surface area contributed by atoms with Gasteiger partial charge in [0.1, 0.15) is 5.76 Å². The summed E-state index contributed by atoms with van der Waals surface area (Å²) in [4.78, 5) is 0. The van der Waals surface area contributed by atoms with Gasteiger partial charge in [-0.3, -0.25) is 4.57 Å². The molecule has 2 aromatic carbocycles. The third kappa shape index (κ3) is 3.84. The van der Waals surface area contributed by atoms with Gasteiger partial charge in [0.05, 0.1) is 17.3 Å². The highest BCUT2D eigenvalue weighted by Gasteiger charge is 2.18. The number of hydrogen-bond donors (Lipinski definition) is 0. The van der Waals surface area contributed by atoms with Gasteiger partial charge < -0.3 is 4.52 Å². The minimum Gasteiger partial charge on any atom is -0.361 e. The van der Waals surface area contributed by atoms with E-state index in [0.29, 0.717) is 11.6 Å². The lowest BCUT2D eigenvalue weighted by Gasteiger charge is -2.11. The fraction of sp³-hybridized carbons (Fsp3) is 0.190. The minimum atomic E-state index is 0.659. The molecular weight excluding hydrogens is 392 g/mol. The van der Waals surface area contributed by atoms with Crippen molar-refractivity contribution in [2.75, 3.05) is 0 Å². The van der Waals surface area contributed by atoms with E-state index in [1.165, 1.54) is 5.56 Å². The number of halogens is 1. The molecule has 0 bridgehead atoms. The molecule has 4 aromatic rings. The summed E-state index contributed by atoms with van der Waals surface area (Å²) in [5, 5.41) is 14.4. The Bertz CT molecular complexity index is 1070. The lowest BCUT2D eigenvalue weighted by molar-refractivity contribution is 0.392. The third-order valence-electron chi connectivity index (χ3n) is 4.54. The van der Waals surface area contributed by atoms with Crippen LogP contribution in [0.4, 0.5) is 0 Å². The Morgan fingerprint density at radius 1 is 1.00 bits per heavy atom. The van der Waals surface area contributed by atoms with Gasteiger partial charge in [-0.1, -0.05) is 71.0 Å². The minimum absolute atomic E-state index is 0.659. The number of hydrogen-bond acceptors (Lipinski definition) is 5. The predicted octanol–water partition coefficient (Wildman–Crippen LogP) is 5.54. The summed E-state index contributed by atoms with van der Waals surface area (Å²) in [6.07, 6.45) is 0. The molecule has 0 aliphatic rings. The van der Waals surface area contributed by atoms with E-state index in [4.69, 9.17) is 16.1 Å². The van der Waals surface area contributed by atoms with E-state index >= 15 is 0 Å². The van der Waals surface area contributed by atoms with Crippen LogP contribution in [0.25, 0.3) is 11.4 Å². The topological polar surface area (TPSA) is 56.7 Å². The van der Waals surface area contributed by atoms with Crippen molar-refractivity contribution in [3.63, 3.8) is 0 Å². The summed E-state index contributed by atoms with van der Waals surface area (Å²) in [5.41, 5.74) is 4.05. The molecule has 0 aliphatic carbocycles. The first-order chi connectivity index (χ1) is 13.6. The third-order valence-corrected chi connectivity index (χ3v) is 5.86. The zero-order valence-electron chi connectivity index (χ0n) is 15.6. The van der Waals surface area contributed by atoms with Crippen LogP contribution in [0.3, 0.4) is 0 Å². The van der Waals surface area contributed by atoms with Crippen LogP contribution in [0.1, 0.15) is 22.6 Å². The van der Waals surface area contributed by atoms with Crippen LogP contribution < -0.4 is 0 Å². The Balaban J connectivity index is 1.70. The molecular formula is C21H19ClN4OS. The van der Waals surface area contributed by atoms with Crippen molar-refractivity contribution in [1.82, 2.24) is 19.9 Å². The lowest BCUT2D eigenvalue weighted by atomic mass is 10.2. The Labute approximate surface area is 172 Å². The first-order valence-corrected chi connectivity index (χ1v) is 10.3. The summed E-state index contributed by atoms with van der Waals surface area (Å²) >= 11 is 8.05. The van der Waals surface area contributed by atoms with Gasteiger partial charge in [-0.25, -0.2) is 0 Å². The molecule has 0 saturated heterocycles. The second-order valence-electron chi connectivity index (χ2n) is 6.45. The monoisotopic (exact) mass is 410 g/mol. The van der Waals surface area contributed by atoms with Crippen LogP contribution in [0, 0.1) is 13.8 Å². The molecule has 0 unspecified atom stereocenters. The summed E-state index contributed by atoms with van der Waals surface area (Å²) in [5.74, 6) is 2.32. The predicted molar refractivity (Wildman–Crippen MR) is 112 cm³/mol. The largest absolute Gasteiger partial charge is 0.361 e. The summed E-state index contributed by atoms with van der Waals surface area (Å²) in [7, 11) is 0. The quantitative estimate of drug-likeness (QED) is 0.390. The standard InChI is InChI=1S/C21H19ClN4OS/c1-14-18(15(2)27-25-14)13-28-21-24-23-20(17-10-6-7-11-19(17)22)26(21)12-16-8-4-3-5-9-16/h3-11H,12-13H2,1-2H3. The summed E-state index contributed by atoms with van der Waals surface area (Å²) < 4.78 is 7.39. The van der Waals surface area contributed by atoms with Crippen molar-refractivity contribution in [3.8, 4) is 11.4 Å². The first-order valence-electron chi connectivity index (χ1n) is 8.90. The number of rotatable bonds is 6. The van der Waals surface area contributed by atoms with E-state index in [1.807, 2.05) is 56.3 Å². The van der Waals surface area contributed by atoms with Gasteiger partial charge in [-0.2, -0.15) is 0 Å². The fourth-order valence-corrected chi connectivity index (χ4v) is 4.30. The Morgan fingerprint density at radius 2 is 1.75 bits per heavy atom. The Hall–Kier alpha value is -2.57. The van der Waals surface area contributed by atoms with Crippen molar-refractivity contribution >= 4 is 23.4 Å². The van der Waals surface area contributed by atoms with E-state index in [9.17, 15) is 0 Å². The fourth-order valence-electron chi connectivity index (χ4n) is 2.99. The van der Waals surface area contributed by atoms with Gasteiger partial charge in [-0.05, 0) is 31.5 Å². The van der Waals surface area contributed by atoms with E-state index in [0.717, 1.165) is 39.3 Å². The smallest absolute Gasteiger partial charge is 0.192 e. The number of nitrogens with zero attached hydrogens (tertiary/aromatic N) is 4. The maximum atomic E-state index is 6.43. The normalized spacial score (nSPS) is 11.1. The molecule has 0 amide bonds. The maximum Gasteiger partial charge on any atom is 0.192 e. The number of thioether (sulfide) groups is 1. The molecule has 2 aromatic heterocycles. The summed E-state index contributed by atoms with van der Waals surface area (Å²) in [6, 6.07) is 18.0. The van der Waals surface area contributed by atoms with Crippen LogP contribution in [0.15, 0.2) is 64.3 Å². The Morgan fingerprint density at radius 3 is 2.46 bits per heavy atom. The SMILES string of the molecule is Cc1noc(C)c1CSc1nnc(-c2ccccc2Cl)n1Cc1ccccc1. The van der Waals surface area contributed by atoms with Gasteiger partial charge >= 0.3 is 0 Å². The molecule has 0 saturated carbocycles. The molecule has 0 spiro atoms. The molecule has 142 valence electrons. The molecule has 0 atom stereocenters. The van der Waals surface area contributed by atoms with Gasteiger partial charge in [0, 0.05) is 16.9 Å². The van der Waals surface area contributed by atoms with Crippen molar-refractivity contribution in [3.05, 3.63) is 82.2 Å². The molecule has 0 radical (unpaired) electrons. The van der Waals surface area contributed by atoms with Crippen LogP contribution in [0.5, 0.6) is 0 Å². The molecule has 0 N–H and O–H groups in total. The van der Waals surface area contributed by atoms with E-state index in [2.05, 4.69) is 32.1 Å². The molecule has 5 nitrogen and oxygen atoms in total. The lowest BCUT2D eigenvalue weighted by Crippen LogP contribution is -2.04. The molecule has 2 heterocycles. The maximum absolute atomic E-state index is 6.43. The average Bonchev–Trinajstić information content (AvgIpc) is 3.24. The molecule has 28 heavy (non-hydrogen) atoms. The van der Waals surface area contributed by atoms with Gasteiger partial charge in [0.25, 0.3) is 0 Å². The highest BCUT2D eigenvalue weighted by molar-refractivity contribution is 7.98. The second kappa shape index (κ2) is 8.20. The van der Waals surface area contributed by atoms with Crippen LogP contribution in [-0.2, 0) is 12.3 Å². The second-order valence-corrected chi connectivity index (χ2v) is 7.80. The zero-order valence-corrected chi connectivity index (χ0v) is 17.2. The van der Waals surface area contributed by atoms with Crippen LogP contribution in [0.2, 0.25) is 5.02 Å². The number of aromatic nitrogens is 4. The molecule has 4 rings (SSSR count). The molecule has 0 fully saturated rings. The van der Waals surface area contributed by atoms with E-state index < -0.39 is 0 Å². The van der Waals surface area contributed by atoms with Gasteiger partial charge in [-0.15, -0.1) is 10.2 Å². The molecule has 7 heteroatoms. The Kier molecular flexibility index (Phi) is 5.50. The van der Waals surface area contributed by atoms with Crippen LogP contribution in [-0.4, -0.2) is 19.9 Å². The van der Waals surface area contributed by atoms with Crippen molar-refractivity contribution in [1.29, 1.82) is 0 Å². The van der Waals surface area contributed by atoms with Crippen molar-refractivity contribution in [2.24, 2.45) is 0 Å². The van der Waals surface area contributed by atoms with E-state index in [-0.39, 0.29) is 0 Å². The average molecular weight is 411 g/mol. The van der Waals surface area contributed by atoms with E-state index in [1.54, 1.807) is 11.8 Å². The van der Waals surface area contributed by atoms with Crippen molar-refractivity contribution in [2.45, 2.75) is 31.3 Å². The highest BCUT2D eigenvalue weighted by Crippen LogP contribution is 2.32. The van der Waals surface area contributed by atoms with Gasteiger partial charge in [0.15, 0.2) is 11.0 Å². The zero-order chi connectivity index (χ0) is 19.5.